The van der Waals surface area contributed by atoms with Gasteiger partial charge in [-0.05, 0) is 91.5 Å². The van der Waals surface area contributed by atoms with E-state index in [1.54, 1.807) is 6.20 Å². The predicted octanol–water partition coefficient (Wildman–Crippen LogP) is 6.62. The number of para-hydroxylation sites is 1. The van der Waals surface area contributed by atoms with Gasteiger partial charge in [0.15, 0.2) is 0 Å². The topological polar surface area (TPSA) is 59.1 Å². The summed E-state index contributed by atoms with van der Waals surface area (Å²) in [5.74, 6) is 2.43. The van der Waals surface area contributed by atoms with E-state index in [2.05, 4.69) is 35.4 Å². The van der Waals surface area contributed by atoms with E-state index in [1.165, 1.54) is 23.1 Å². The quantitative estimate of drug-likeness (QED) is 0.460. The molecule has 1 aromatic heterocycles. The first-order valence-electron chi connectivity index (χ1n) is 13.3. The third-order valence-corrected chi connectivity index (χ3v) is 9.28. The molecular weight excluding hydrogens is 432 g/mol. The van der Waals surface area contributed by atoms with Crippen LogP contribution in [0.5, 0.6) is 0 Å². The molecule has 1 N–H and O–H groups in total. The van der Waals surface area contributed by atoms with Crippen molar-refractivity contribution in [2.45, 2.75) is 70.6 Å². The van der Waals surface area contributed by atoms with Gasteiger partial charge in [-0.3, -0.25) is 14.6 Å². The number of anilines is 1. The van der Waals surface area contributed by atoms with Crippen LogP contribution in [-0.4, -0.2) is 16.7 Å². The number of ketones is 1. The summed E-state index contributed by atoms with van der Waals surface area (Å²) >= 11 is 0. The molecule has 6 rings (SSSR count). The summed E-state index contributed by atoms with van der Waals surface area (Å²) in [4.78, 5) is 29.6. The molecule has 0 saturated heterocycles. The molecule has 1 heterocycles. The Balaban J connectivity index is 1.08. The normalized spacial score (nSPS) is 27.2. The molecule has 35 heavy (non-hydrogen) atoms. The van der Waals surface area contributed by atoms with Crippen molar-refractivity contribution in [3.63, 3.8) is 0 Å². The van der Waals surface area contributed by atoms with Gasteiger partial charge in [0.05, 0.1) is 11.2 Å². The van der Waals surface area contributed by atoms with Crippen LogP contribution in [0.2, 0.25) is 0 Å². The molecule has 1 amide bonds. The molecule has 4 heteroatoms. The van der Waals surface area contributed by atoms with Crippen LogP contribution in [0.15, 0.2) is 54.7 Å². The number of hydrogen-bond acceptors (Lipinski definition) is 3. The zero-order chi connectivity index (χ0) is 24.0. The van der Waals surface area contributed by atoms with E-state index in [0.717, 1.165) is 61.5 Å². The summed E-state index contributed by atoms with van der Waals surface area (Å²) < 4.78 is 0. The van der Waals surface area contributed by atoms with E-state index >= 15 is 0 Å². The Bertz CT molecular complexity index is 1290. The van der Waals surface area contributed by atoms with Crippen LogP contribution in [-0.2, 0) is 22.4 Å². The molecule has 4 atom stereocenters. The fourth-order valence-corrected chi connectivity index (χ4v) is 7.43. The summed E-state index contributed by atoms with van der Waals surface area (Å²) in [6.45, 7) is 2.24. The van der Waals surface area contributed by atoms with Gasteiger partial charge >= 0.3 is 0 Å². The predicted molar refractivity (Wildman–Crippen MR) is 139 cm³/mol. The van der Waals surface area contributed by atoms with Gasteiger partial charge < -0.3 is 5.32 Å². The fourth-order valence-electron chi connectivity index (χ4n) is 7.43. The zero-order valence-electron chi connectivity index (χ0n) is 20.6. The van der Waals surface area contributed by atoms with Gasteiger partial charge in [-0.2, -0.15) is 0 Å². The van der Waals surface area contributed by atoms with E-state index in [0.29, 0.717) is 30.0 Å². The number of aryl methyl sites for hydroxylation is 2. The largest absolute Gasteiger partial charge is 0.324 e. The summed E-state index contributed by atoms with van der Waals surface area (Å²) in [7, 11) is 0. The Morgan fingerprint density at radius 3 is 2.89 bits per heavy atom. The van der Waals surface area contributed by atoms with Crippen molar-refractivity contribution < 1.29 is 9.59 Å². The average molecular weight is 467 g/mol. The van der Waals surface area contributed by atoms with Crippen molar-refractivity contribution in [3.05, 3.63) is 71.4 Å². The van der Waals surface area contributed by atoms with Crippen LogP contribution >= 0.6 is 0 Å². The van der Waals surface area contributed by atoms with Crippen LogP contribution < -0.4 is 5.32 Å². The number of amides is 1. The highest BCUT2D eigenvalue weighted by Crippen LogP contribution is 2.59. The molecule has 180 valence electrons. The Hall–Kier alpha value is -3.01. The van der Waals surface area contributed by atoms with Gasteiger partial charge in [0, 0.05) is 29.8 Å². The lowest BCUT2D eigenvalue weighted by molar-refractivity contribution is -0.129. The molecule has 2 saturated carbocycles. The molecule has 3 aliphatic carbocycles. The van der Waals surface area contributed by atoms with Gasteiger partial charge in [0.1, 0.15) is 5.78 Å². The summed E-state index contributed by atoms with van der Waals surface area (Å²) in [6, 6.07) is 16.8. The molecule has 0 radical (unpaired) electrons. The van der Waals surface area contributed by atoms with Gasteiger partial charge in [-0.25, -0.2) is 0 Å². The van der Waals surface area contributed by atoms with Gasteiger partial charge in [-0.1, -0.05) is 43.3 Å². The molecule has 0 bridgehead atoms. The van der Waals surface area contributed by atoms with E-state index in [-0.39, 0.29) is 11.3 Å². The average Bonchev–Trinajstić information content (AvgIpc) is 3.18. The van der Waals surface area contributed by atoms with Crippen LogP contribution in [0.4, 0.5) is 5.69 Å². The third-order valence-electron chi connectivity index (χ3n) is 9.28. The molecule has 2 aromatic carbocycles. The minimum Gasteiger partial charge on any atom is -0.324 e. The first-order chi connectivity index (χ1) is 17.0. The summed E-state index contributed by atoms with van der Waals surface area (Å²) in [5, 5.41) is 4.08. The van der Waals surface area contributed by atoms with Gasteiger partial charge in [0.25, 0.3) is 0 Å². The van der Waals surface area contributed by atoms with Gasteiger partial charge in [-0.15, -0.1) is 0 Å². The number of rotatable bonds is 5. The molecule has 0 aliphatic heterocycles. The number of carbonyl (C=O) groups is 2. The number of fused-ring (bicyclic) bond motifs is 6. The number of benzene rings is 2. The number of carbonyl (C=O) groups excluding carboxylic acids is 2. The number of aromatic nitrogens is 1. The maximum absolute atomic E-state index is 12.6. The van der Waals surface area contributed by atoms with E-state index in [4.69, 9.17) is 0 Å². The lowest BCUT2D eigenvalue weighted by atomic mass is 9.55. The van der Waals surface area contributed by atoms with Crippen molar-refractivity contribution in [2.75, 3.05) is 5.32 Å². The SMILES string of the molecule is C[C@]12CC[C@@H]3c4ccc(CCCC(=O)Nc5cccc6cccnc56)cc4CC[C@H]3[C@@H]1CCC2=O. The first-order valence-corrected chi connectivity index (χ1v) is 13.3. The van der Waals surface area contributed by atoms with Crippen molar-refractivity contribution in [1.29, 1.82) is 0 Å². The second-order valence-corrected chi connectivity index (χ2v) is 11.1. The Morgan fingerprint density at radius 1 is 1.09 bits per heavy atom. The molecule has 3 aromatic rings. The monoisotopic (exact) mass is 466 g/mol. The van der Waals surface area contributed by atoms with Crippen LogP contribution in [0, 0.1) is 17.3 Å². The van der Waals surface area contributed by atoms with Crippen LogP contribution in [0.3, 0.4) is 0 Å². The Kier molecular flexibility index (Phi) is 5.70. The van der Waals surface area contributed by atoms with E-state index in [9.17, 15) is 9.59 Å². The summed E-state index contributed by atoms with van der Waals surface area (Å²) in [5.41, 5.74) is 5.93. The van der Waals surface area contributed by atoms with Gasteiger partial charge in [0.2, 0.25) is 5.91 Å². The Morgan fingerprint density at radius 2 is 1.97 bits per heavy atom. The minimum absolute atomic E-state index is 0.0420. The first kappa shape index (κ1) is 22.5. The second kappa shape index (κ2) is 8.89. The molecule has 0 spiro atoms. The fraction of sp³-hybridized carbons (Fsp3) is 0.452. The van der Waals surface area contributed by atoms with Crippen LogP contribution in [0.1, 0.15) is 74.5 Å². The molecule has 3 aliphatic rings. The second-order valence-electron chi connectivity index (χ2n) is 11.1. The van der Waals surface area contributed by atoms with Crippen molar-refractivity contribution in [3.8, 4) is 0 Å². The number of nitrogens with one attached hydrogen (secondary N) is 1. The Labute approximate surface area is 207 Å². The number of Topliss-reactive ketones (excluding diaryl/α,β-unsaturated/α-hetero) is 1. The zero-order valence-corrected chi connectivity index (χ0v) is 20.6. The lowest BCUT2D eigenvalue weighted by Crippen LogP contribution is -2.42. The van der Waals surface area contributed by atoms with E-state index < -0.39 is 0 Å². The highest BCUT2D eigenvalue weighted by Gasteiger charge is 2.54. The number of pyridine rings is 1. The molecule has 0 unspecified atom stereocenters. The maximum atomic E-state index is 12.6. The lowest BCUT2D eigenvalue weighted by Gasteiger charge is -2.48. The van der Waals surface area contributed by atoms with Crippen molar-refractivity contribution in [1.82, 2.24) is 4.98 Å². The smallest absolute Gasteiger partial charge is 0.224 e. The van der Waals surface area contributed by atoms with E-state index in [1.807, 2.05) is 30.3 Å². The highest BCUT2D eigenvalue weighted by molar-refractivity contribution is 6.00. The molecular formula is C31H34N2O2. The minimum atomic E-state index is -0.0543. The highest BCUT2D eigenvalue weighted by atomic mass is 16.1. The molecule has 4 nitrogen and oxygen atoms in total. The number of hydrogen-bond donors (Lipinski definition) is 1. The van der Waals surface area contributed by atoms with Crippen molar-refractivity contribution in [2.24, 2.45) is 17.3 Å². The standard InChI is InChI=1S/C31H34N2O2/c1-31-17-16-24-23-12-10-20(19-22(23)11-13-25(24)26(31)14-15-28(31)34)5-2-9-29(35)33-27-8-3-6-21-7-4-18-32-30(21)27/h3-4,6-8,10,12,18-19,24-26H,2,5,9,11,13-17H2,1H3,(H,33,35)/t24-,25-,26+,31+/m1/s1. The van der Waals surface area contributed by atoms with Crippen molar-refractivity contribution >= 4 is 28.3 Å². The van der Waals surface area contributed by atoms with Crippen LogP contribution in [0.25, 0.3) is 10.9 Å². The maximum Gasteiger partial charge on any atom is 0.224 e. The summed E-state index contributed by atoms with van der Waals surface area (Å²) in [6.07, 6.45) is 10.4. The molecule has 2 fully saturated rings. The number of nitrogens with zero attached hydrogens (tertiary/aromatic N) is 1. The third kappa shape index (κ3) is 3.97.